The number of hydrogen-bond donors (Lipinski definition) is 1. The van der Waals surface area contributed by atoms with Gasteiger partial charge in [-0.1, -0.05) is 19.8 Å². The van der Waals surface area contributed by atoms with E-state index in [-0.39, 0.29) is 0 Å². The van der Waals surface area contributed by atoms with Crippen LogP contribution in [0.4, 0.5) is 0 Å². The van der Waals surface area contributed by atoms with Crippen LogP contribution < -0.4 is 5.32 Å². The number of aryl methyl sites for hydroxylation is 1. The van der Waals surface area contributed by atoms with Crippen molar-refractivity contribution in [1.29, 1.82) is 0 Å². The largest absolute Gasteiger partial charge is 0.307 e. The predicted molar refractivity (Wildman–Crippen MR) is 67.4 cm³/mol. The van der Waals surface area contributed by atoms with Crippen molar-refractivity contribution in [1.82, 2.24) is 10.3 Å². The zero-order chi connectivity index (χ0) is 11.3. The first kappa shape index (κ1) is 12.7. The van der Waals surface area contributed by atoms with Gasteiger partial charge in [0, 0.05) is 17.0 Å². The summed E-state index contributed by atoms with van der Waals surface area (Å²) in [5, 5.41) is 3.63. The Labute approximate surface area is 97.1 Å². The van der Waals surface area contributed by atoms with Gasteiger partial charge >= 0.3 is 0 Å². The summed E-state index contributed by atoms with van der Waals surface area (Å²) in [5.41, 5.74) is 3.10. The van der Waals surface area contributed by atoms with E-state index in [1.165, 1.54) is 29.8 Å². The number of nitrogens with zero attached hydrogens (tertiary/aromatic N) is 1. The minimum Gasteiger partial charge on any atom is -0.307 e. The van der Waals surface area contributed by atoms with Gasteiger partial charge in [-0.05, 0) is 27.2 Å². The quantitative estimate of drug-likeness (QED) is 0.800. The molecule has 0 radical (unpaired) electrons. The van der Waals surface area contributed by atoms with E-state index in [1.807, 2.05) is 5.51 Å². The second-order valence-electron chi connectivity index (χ2n) is 4.23. The molecule has 1 heterocycles. The molecule has 0 aliphatic carbocycles. The van der Waals surface area contributed by atoms with E-state index in [0.29, 0.717) is 12.1 Å². The second-order valence-corrected chi connectivity index (χ2v) is 5.12. The number of unbranched alkanes of at least 4 members (excludes halogenated alkanes) is 1. The fourth-order valence-electron chi connectivity index (χ4n) is 1.82. The third kappa shape index (κ3) is 3.92. The number of thiazole rings is 1. The molecule has 3 heteroatoms. The van der Waals surface area contributed by atoms with E-state index in [0.717, 1.165) is 0 Å². The molecular formula is C12H22N2S. The first-order valence-corrected chi connectivity index (χ1v) is 6.69. The molecule has 0 saturated heterocycles. The van der Waals surface area contributed by atoms with Crippen LogP contribution in [0.3, 0.4) is 0 Å². The maximum absolute atomic E-state index is 4.29. The van der Waals surface area contributed by atoms with E-state index in [1.54, 1.807) is 11.3 Å². The lowest BCUT2D eigenvalue weighted by atomic mass is 10.1. The van der Waals surface area contributed by atoms with Crippen LogP contribution >= 0.6 is 11.3 Å². The summed E-state index contributed by atoms with van der Waals surface area (Å²) in [6.07, 6.45) is 3.85. The van der Waals surface area contributed by atoms with Gasteiger partial charge in [0.25, 0.3) is 0 Å². The lowest BCUT2D eigenvalue weighted by Gasteiger charge is -2.19. The van der Waals surface area contributed by atoms with Crippen LogP contribution in [-0.4, -0.2) is 11.0 Å². The molecule has 2 atom stereocenters. The molecule has 15 heavy (non-hydrogen) atoms. The molecule has 2 unspecified atom stereocenters. The average molecular weight is 226 g/mol. The molecule has 2 nitrogen and oxygen atoms in total. The molecule has 0 amide bonds. The maximum Gasteiger partial charge on any atom is 0.0798 e. The zero-order valence-corrected chi connectivity index (χ0v) is 11.0. The summed E-state index contributed by atoms with van der Waals surface area (Å²) in [6.45, 7) is 8.82. The number of nitrogens with one attached hydrogen (secondary N) is 1. The Hall–Kier alpha value is -0.410. The van der Waals surface area contributed by atoms with E-state index in [4.69, 9.17) is 0 Å². The first-order chi connectivity index (χ1) is 7.15. The summed E-state index contributed by atoms with van der Waals surface area (Å²) in [7, 11) is 0. The van der Waals surface area contributed by atoms with Gasteiger partial charge < -0.3 is 5.32 Å². The second kappa shape index (κ2) is 6.23. The highest BCUT2D eigenvalue weighted by atomic mass is 32.1. The third-order valence-electron chi connectivity index (χ3n) is 2.70. The Bertz CT molecular complexity index is 283. The Morgan fingerprint density at radius 1 is 1.47 bits per heavy atom. The molecule has 0 fully saturated rings. The van der Waals surface area contributed by atoms with Crippen molar-refractivity contribution in [2.24, 2.45) is 0 Å². The van der Waals surface area contributed by atoms with Gasteiger partial charge in [0.15, 0.2) is 0 Å². The summed E-state index contributed by atoms with van der Waals surface area (Å²) >= 11 is 1.75. The lowest BCUT2D eigenvalue weighted by molar-refractivity contribution is 0.447. The summed E-state index contributed by atoms with van der Waals surface area (Å²) in [4.78, 5) is 5.66. The number of aromatic nitrogens is 1. The van der Waals surface area contributed by atoms with Gasteiger partial charge in [-0.15, -0.1) is 11.3 Å². The Morgan fingerprint density at radius 2 is 2.20 bits per heavy atom. The Morgan fingerprint density at radius 3 is 2.73 bits per heavy atom. The standard InChI is InChI=1S/C12H22N2S/c1-5-6-7-9(2)14-11(4)12-10(3)13-8-15-12/h8-9,11,14H,5-7H2,1-4H3. The fraction of sp³-hybridized carbons (Fsp3) is 0.750. The van der Waals surface area contributed by atoms with E-state index in [9.17, 15) is 0 Å². The van der Waals surface area contributed by atoms with E-state index in [2.05, 4.69) is 38.0 Å². The van der Waals surface area contributed by atoms with Crippen LogP contribution in [-0.2, 0) is 0 Å². The molecule has 1 rings (SSSR count). The normalized spacial score (nSPS) is 15.2. The highest BCUT2D eigenvalue weighted by molar-refractivity contribution is 7.09. The van der Waals surface area contributed by atoms with Crippen molar-refractivity contribution in [2.75, 3.05) is 0 Å². The minimum absolute atomic E-state index is 0.435. The van der Waals surface area contributed by atoms with Crippen LogP contribution in [0.2, 0.25) is 0 Å². The molecule has 0 spiro atoms. The van der Waals surface area contributed by atoms with Crippen molar-refractivity contribution in [3.05, 3.63) is 16.1 Å². The average Bonchev–Trinajstić information content (AvgIpc) is 2.61. The van der Waals surface area contributed by atoms with Crippen LogP contribution in [0.25, 0.3) is 0 Å². The van der Waals surface area contributed by atoms with E-state index >= 15 is 0 Å². The van der Waals surface area contributed by atoms with Crippen LogP contribution in [0.1, 0.15) is 56.6 Å². The fourth-order valence-corrected chi connectivity index (χ4v) is 2.64. The van der Waals surface area contributed by atoms with Crippen molar-refractivity contribution in [2.45, 2.75) is 59.0 Å². The molecule has 1 aromatic heterocycles. The highest BCUT2D eigenvalue weighted by Crippen LogP contribution is 2.21. The van der Waals surface area contributed by atoms with Gasteiger partial charge in [-0.25, -0.2) is 4.98 Å². The molecule has 0 bridgehead atoms. The number of hydrogen-bond acceptors (Lipinski definition) is 3. The molecule has 86 valence electrons. The monoisotopic (exact) mass is 226 g/mol. The number of rotatable bonds is 6. The Balaban J connectivity index is 2.42. The molecule has 0 aromatic carbocycles. The third-order valence-corrected chi connectivity index (χ3v) is 3.81. The lowest BCUT2D eigenvalue weighted by Crippen LogP contribution is -2.28. The van der Waals surface area contributed by atoms with Crippen molar-refractivity contribution >= 4 is 11.3 Å². The topological polar surface area (TPSA) is 24.9 Å². The Kier molecular flexibility index (Phi) is 5.26. The van der Waals surface area contributed by atoms with Gasteiger partial charge in [0.1, 0.15) is 0 Å². The van der Waals surface area contributed by atoms with Gasteiger partial charge in [-0.3, -0.25) is 0 Å². The SMILES string of the molecule is CCCCC(C)NC(C)c1scnc1C. The predicted octanol–water partition coefficient (Wildman–Crippen LogP) is 3.68. The molecule has 1 N–H and O–H groups in total. The molecule has 0 aliphatic rings. The zero-order valence-electron chi connectivity index (χ0n) is 10.2. The summed E-state index contributed by atoms with van der Waals surface area (Å²) in [6, 6.07) is 1.03. The molecule has 1 aromatic rings. The highest BCUT2D eigenvalue weighted by Gasteiger charge is 2.12. The van der Waals surface area contributed by atoms with Crippen molar-refractivity contribution < 1.29 is 0 Å². The van der Waals surface area contributed by atoms with Crippen LogP contribution in [0.5, 0.6) is 0 Å². The first-order valence-electron chi connectivity index (χ1n) is 5.81. The van der Waals surface area contributed by atoms with E-state index < -0.39 is 0 Å². The molecule has 0 saturated carbocycles. The van der Waals surface area contributed by atoms with Gasteiger partial charge in [-0.2, -0.15) is 0 Å². The maximum atomic E-state index is 4.29. The molecular weight excluding hydrogens is 204 g/mol. The van der Waals surface area contributed by atoms with Gasteiger partial charge in [0.05, 0.1) is 11.2 Å². The summed E-state index contributed by atoms with van der Waals surface area (Å²) in [5.74, 6) is 0. The van der Waals surface area contributed by atoms with Gasteiger partial charge in [0.2, 0.25) is 0 Å². The van der Waals surface area contributed by atoms with Crippen LogP contribution in [0.15, 0.2) is 5.51 Å². The van der Waals surface area contributed by atoms with Crippen molar-refractivity contribution in [3.63, 3.8) is 0 Å². The summed E-state index contributed by atoms with van der Waals surface area (Å²) < 4.78 is 0. The smallest absolute Gasteiger partial charge is 0.0798 e. The van der Waals surface area contributed by atoms with Crippen molar-refractivity contribution in [3.8, 4) is 0 Å². The molecule has 0 aliphatic heterocycles. The minimum atomic E-state index is 0.435. The van der Waals surface area contributed by atoms with Crippen LogP contribution in [0, 0.1) is 6.92 Å².